The summed E-state index contributed by atoms with van der Waals surface area (Å²) in [6.45, 7) is 1.89. The number of aliphatic hydroxyl groups excluding tert-OH is 1. The lowest BCUT2D eigenvalue weighted by Crippen LogP contribution is -2.12. The molecule has 0 amide bonds. The predicted molar refractivity (Wildman–Crippen MR) is 99.5 cm³/mol. The molecule has 3 heterocycles. The third-order valence-corrected chi connectivity index (χ3v) is 4.35. The van der Waals surface area contributed by atoms with Crippen LogP contribution in [-0.2, 0) is 0 Å². The molecule has 0 aliphatic carbocycles. The summed E-state index contributed by atoms with van der Waals surface area (Å²) in [5.74, 6) is 1.21. The molecule has 8 heteroatoms. The van der Waals surface area contributed by atoms with Gasteiger partial charge in [-0.05, 0) is 43.2 Å². The highest BCUT2D eigenvalue weighted by Gasteiger charge is 2.20. The van der Waals surface area contributed by atoms with Gasteiger partial charge in [0.1, 0.15) is 17.3 Å². The number of fused-ring (bicyclic) bond motifs is 1. The Labute approximate surface area is 154 Å². The lowest BCUT2D eigenvalue weighted by atomic mass is 9.95. The molecule has 0 spiro atoms. The molecule has 0 radical (unpaired) electrons. The Bertz CT molecular complexity index is 1060. The van der Waals surface area contributed by atoms with E-state index in [0.29, 0.717) is 24.0 Å². The second kappa shape index (κ2) is 7.16. The molecule has 0 saturated heterocycles. The summed E-state index contributed by atoms with van der Waals surface area (Å²) in [4.78, 5) is 9.32. The lowest BCUT2D eigenvalue weighted by molar-refractivity contribution is 0.280. The molecule has 7 nitrogen and oxygen atoms in total. The zero-order chi connectivity index (χ0) is 18.8. The van der Waals surface area contributed by atoms with Gasteiger partial charge in [0.2, 0.25) is 5.95 Å². The van der Waals surface area contributed by atoms with Gasteiger partial charge in [0.05, 0.1) is 0 Å². The number of H-pyrrole nitrogens is 1. The molecule has 1 aromatic carbocycles. The van der Waals surface area contributed by atoms with Gasteiger partial charge in [-0.25, -0.2) is 9.37 Å². The molecule has 0 fully saturated rings. The van der Waals surface area contributed by atoms with Gasteiger partial charge in [0, 0.05) is 30.5 Å². The first-order valence-corrected chi connectivity index (χ1v) is 8.64. The summed E-state index contributed by atoms with van der Waals surface area (Å²) in [6.07, 6.45) is 2.30. The maximum absolute atomic E-state index is 13.3. The SMILES string of the molecule is Cc1cc(Nc2nc(C(CCO)c3ccc(F)cc3)nc3cccn23)n[nH]1. The largest absolute Gasteiger partial charge is 0.396 e. The van der Waals surface area contributed by atoms with Crippen LogP contribution in [0.2, 0.25) is 0 Å². The summed E-state index contributed by atoms with van der Waals surface area (Å²) >= 11 is 0. The molecule has 0 aliphatic heterocycles. The topological polar surface area (TPSA) is 91.1 Å². The molecule has 0 aliphatic rings. The summed E-state index contributed by atoms with van der Waals surface area (Å²) in [5, 5.41) is 19.8. The van der Waals surface area contributed by atoms with Crippen molar-refractivity contribution in [2.24, 2.45) is 0 Å². The molecule has 138 valence electrons. The van der Waals surface area contributed by atoms with E-state index >= 15 is 0 Å². The van der Waals surface area contributed by atoms with Gasteiger partial charge >= 0.3 is 0 Å². The predicted octanol–water partition coefficient (Wildman–Crippen LogP) is 3.16. The van der Waals surface area contributed by atoms with E-state index in [2.05, 4.69) is 25.5 Å². The fraction of sp³-hybridized carbons (Fsp3) is 0.211. The highest BCUT2D eigenvalue weighted by Crippen LogP contribution is 2.27. The normalized spacial score (nSPS) is 12.4. The number of nitrogens with zero attached hydrogens (tertiary/aromatic N) is 4. The van der Waals surface area contributed by atoms with Crippen molar-refractivity contribution in [1.29, 1.82) is 0 Å². The number of hydrogen-bond acceptors (Lipinski definition) is 5. The number of aliphatic hydroxyl groups is 1. The number of aryl methyl sites for hydroxylation is 1. The van der Waals surface area contributed by atoms with Crippen molar-refractivity contribution in [2.45, 2.75) is 19.3 Å². The number of benzene rings is 1. The van der Waals surface area contributed by atoms with Crippen molar-refractivity contribution in [2.75, 3.05) is 11.9 Å². The molecule has 3 N–H and O–H groups in total. The summed E-state index contributed by atoms with van der Waals surface area (Å²) in [7, 11) is 0. The highest BCUT2D eigenvalue weighted by molar-refractivity contribution is 5.54. The molecule has 0 bridgehead atoms. The van der Waals surface area contributed by atoms with Gasteiger partial charge < -0.3 is 10.4 Å². The van der Waals surface area contributed by atoms with Crippen molar-refractivity contribution in [1.82, 2.24) is 24.6 Å². The van der Waals surface area contributed by atoms with Gasteiger partial charge in [-0.2, -0.15) is 10.1 Å². The molecule has 4 aromatic rings. The van der Waals surface area contributed by atoms with E-state index in [1.54, 1.807) is 12.1 Å². The molecule has 0 saturated carbocycles. The fourth-order valence-corrected chi connectivity index (χ4v) is 3.06. The Balaban J connectivity index is 1.78. The van der Waals surface area contributed by atoms with Crippen LogP contribution < -0.4 is 5.32 Å². The van der Waals surface area contributed by atoms with Crippen LogP contribution in [0.25, 0.3) is 5.65 Å². The number of aromatic nitrogens is 5. The van der Waals surface area contributed by atoms with Gasteiger partial charge in [-0.3, -0.25) is 9.50 Å². The molecule has 4 rings (SSSR count). The van der Waals surface area contributed by atoms with E-state index < -0.39 is 0 Å². The average molecular weight is 366 g/mol. The van der Waals surface area contributed by atoms with E-state index in [4.69, 9.17) is 0 Å². The van der Waals surface area contributed by atoms with Crippen LogP contribution in [0.5, 0.6) is 0 Å². The number of rotatable bonds is 6. The summed E-state index contributed by atoms with van der Waals surface area (Å²) in [6, 6.07) is 11.8. The van der Waals surface area contributed by atoms with Crippen LogP contribution >= 0.6 is 0 Å². The Morgan fingerprint density at radius 3 is 2.74 bits per heavy atom. The average Bonchev–Trinajstić information content (AvgIpc) is 3.29. The van der Waals surface area contributed by atoms with Crippen LogP contribution in [-0.4, -0.2) is 36.3 Å². The van der Waals surface area contributed by atoms with E-state index in [1.165, 1.54) is 12.1 Å². The van der Waals surface area contributed by atoms with Crippen LogP contribution in [0.15, 0.2) is 48.7 Å². The third kappa shape index (κ3) is 3.52. The number of hydrogen-bond donors (Lipinski definition) is 3. The maximum Gasteiger partial charge on any atom is 0.216 e. The van der Waals surface area contributed by atoms with Crippen LogP contribution in [0.4, 0.5) is 16.2 Å². The molecular weight excluding hydrogens is 347 g/mol. The fourth-order valence-electron chi connectivity index (χ4n) is 3.06. The van der Waals surface area contributed by atoms with Crippen molar-refractivity contribution >= 4 is 17.4 Å². The van der Waals surface area contributed by atoms with Crippen molar-refractivity contribution in [3.63, 3.8) is 0 Å². The van der Waals surface area contributed by atoms with Crippen LogP contribution in [0.1, 0.15) is 29.4 Å². The minimum absolute atomic E-state index is 0.0289. The minimum atomic E-state index is -0.305. The van der Waals surface area contributed by atoms with E-state index in [1.807, 2.05) is 35.7 Å². The number of anilines is 2. The van der Waals surface area contributed by atoms with Crippen molar-refractivity contribution in [3.05, 3.63) is 71.6 Å². The Kier molecular flexibility index (Phi) is 4.55. The van der Waals surface area contributed by atoms with Gasteiger partial charge in [-0.1, -0.05) is 12.1 Å². The van der Waals surface area contributed by atoms with Gasteiger partial charge in [0.25, 0.3) is 0 Å². The smallest absolute Gasteiger partial charge is 0.216 e. The number of aromatic amines is 1. The second-order valence-electron chi connectivity index (χ2n) is 6.32. The van der Waals surface area contributed by atoms with E-state index in [9.17, 15) is 9.50 Å². The monoisotopic (exact) mass is 366 g/mol. The Morgan fingerprint density at radius 2 is 2.04 bits per heavy atom. The lowest BCUT2D eigenvalue weighted by Gasteiger charge is -2.17. The van der Waals surface area contributed by atoms with E-state index in [-0.39, 0.29) is 18.3 Å². The van der Waals surface area contributed by atoms with Crippen LogP contribution in [0.3, 0.4) is 0 Å². The number of nitrogens with one attached hydrogen (secondary N) is 2. The quantitative estimate of drug-likeness (QED) is 0.488. The second-order valence-corrected chi connectivity index (χ2v) is 6.32. The Hall–Kier alpha value is -3.26. The standard InChI is InChI=1S/C19H19FN6O/c1-12-11-16(25-24-12)21-19-23-18(22-17-3-2-9-26(17)19)15(8-10-27)13-4-6-14(20)7-5-13/h2-7,9,11,15,27H,8,10H2,1H3,(H2,21,22,23,24,25). The van der Waals surface area contributed by atoms with Crippen LogP contribution in [0, 0.1) is 12.7 Å². The third-order valence-electron chi connectivity index (χ3n) is 4.35. The molecular formula is C19H19FN6O. The Morgan fingerprint density at radius 1 is 1.22 bits per heavy atom. The molecule has 1 atom stereocenters. The maximum atomic E-state index is 13.3. The molecule has 3 aromatic heterocycles. The zero-order valence-corrected chi connectivity index (χ0v) is 14.7. The number of halogens is 1. The first kappa shape index (κ1) is 17.2. The molecule has 1 unspecified atom stereocenters. The van der Waals surface area contributed by atoms with Crippen molar-refractivity contribution < 1.29 is 9.50 Å². The van der Waals surface area contributed by atoms with Crippen molar-refractivity contribution in [3.8, 4) is 0 Å². The summed E-state index contributed by atoms with van der Waals surface area (Å²) in [5.41, 5.74) is 2.50. The highest BCUT2D eigenvalue weighted by atomic mass is 19.1. The van der Waals surface area contributed by atoms with Gasteiger partial charge in [-0.15, -0.1) is 0 Å². The first-order chi connectivity index (χ1) is 13.1. The summed E-state index contributed by atoms with van der Waals surface area (Å²) < 4.78 is 15.1. The molecule has 27 heavy (non-hydrogen) atoms. The minimum Gasteiger partial charge on any atom is -0.396 e. The van der Waals surface area contributed by atoms with E-state index in [0.717, 1.165) is 16.9 Å². The zero-order valence-electron chi connectivity index (χ0n) is 14.7. The first-order valence-electron chi connectivity index (χ1n) is 8.64. The van der Waals surface area contributed by atoms with Gasteiger partial charge in [0.15, 0.2) is 5.82 Å².